The zero-order valence-corrected chi connectivity index (χ0v) is 15.6. The van der Waals surface area contributed by atoms with Crippen LogP contribution in [0.1, 0.15) is 27.0 Å². The van der Waals surface area contributed by atoms with Crippen LogP contribution in [0.15, 0.2) is 60.8 Å². The zero-order valence-electron chi connectivity index (χ0n) is 15.6. The number of fused-ring (bicyclic) bond motifs is 1. The molecule has 28 heavy (non-hydrogen) atoms. The van der Waals surface area contributed by atoms with E-state index in [4.69, 9.17) is 9.47 Å². The molecule has 1 aliphatic rings. The summed E-state index contributed by atoms with van der Waals surface area (Å²) < 4.78 is 10.6. The summed E-state index contributed by atoms with van der Waals surface area (Å²) in [4.78, 5) is 16.7. The van der Waals surface area contributed by atoms with E-state index >= 15 is 0 Å². The van der Waals surface area contributed by atoms with Crippen LogP contribution < -0.4 is 20.1 Å². The van der Waals surface area contributed by atoms with E-state index in [2.05, 4.69) is 34.7 Å². The fraction of sp³-hybridized carbons (Fsp3) is 0.182. The number of hydrogen-bond acceptors (Lipinski definition) is 5. The van der Waals surface area contributed by atoms with Crippen molar-refractivity contribution in [1.29, 1.82) is 0 Å². The maximum absolute atomic E-state index is 12.4. The number of nitrogens with one attached hydrogen (secondary N) is 2. The summed E-state index contributed by atoms with van der Waals surface area (Å²) in [5.41, 5.74) is 3.91. The van der Waals surface area contributed by atoms with Crippen LogP contribution in [0.3, 0.4) is 0 Å². The van der Waals surface area contributed by atoms with Crippen molar-refractivity contribution in [1.82, 2.24) is 10.3 Å². The van der Waals surface area contributed by atoms with Gasteiger partial charge in [-0.25, -0.2) is 4.98 Å². The van der Waals surface area contributed by atoms with Gasteiger partial charge in [0.25, 0.3) is 5.91 Å². The summed E-state index contributed by atoms with van der Waals surface area (Å²) in [5.74, 6) is 2.00. The molecule has 0 atom stereocenters. The Morgan fingerprint density at radius 1 is 1.04 bits per heavy atom. The molecule has 1 aliphatic heterocycles. The third kappa shape index (κ3) is 4.06. The average molecular weight is 375 g/mol. The first-order valence-electron chi connectivity index (χ1n) is 9.10. The lowest BCUT2D eigenvalue weighted by Gasteiger charge is -2.09. The van der Waals surface area contributed by atoms with E-state index in [0.29, 0.717) is 24.4 Å². The second kappa shape index (κ2) is 8.00. The standard InChI is InChI=1S/C22H21N3O3/c1-15-4-2-3-5-17(15)12-23-21-9-7-18(13-24-21)22(26)25-11-16-6-8-19-20(10-16)28-14-27-19/h2-10,13H,11-12,14H2,1H3,(H,23,24)(H,25,26). The SMILES string of the molecule is Cc1ccccc1CNc1ccc(C(=O)NCc2ccc3c(c2)OCO3)cn1. The van der Waals surface area contributed by atoms with Crippen molar-refractivity contribution in [2.75, 3.05) is 12.1 Å². The molecule has 3 aromatic rings. The molecule has 2 N–H and O–H groups in total. The maximum atomic E-state index is 12.4. The highest BCUT2D eigenvalue weighted by molar-refractivity contribution is 5.94. The van der Waals surface area contributed by atoms with Crippen molar-refractivity contribution >= 4 is 11.7 Å². The van der Waals surface area contributed by atoms with Gasteiger partial charge in [-0.1, -0.05) is 30.3 Å². The summed E-state index contributed by atoms with van der Waals surface area (Å²) in [6.45, 7) is 3.41. The van der Waals surface area contributed by atoms with E-state index < -0.39 is 0 Å². The van der Waals surface area contributed by atoms with E-state index in [-0.39, 0.29) is 12.7 Å². The number of carbonyl (C=O) groups is 1. The fourth-order valence-corrected chi connectivity index (χ4v) is 2.96. The number of hydrogen-bond donors (Lipinski definition) is 2. The number of carbonyl (C=O) groups excluding carboxylic acids is 1. The predicted molar refractivity (Wildman–Crippen MR) is 106 cm³/mol. The van der Waals surface area contributed by atoms with E-state index in [1.54, 1.807) is 12.3 Å². The average Bonchev–Trinajstić information content (AvgIpc) is 3.20. The van der Waals surface area contributed by atoms with Crippen molar-refractivity contribution in [3.8, 4) is 11.5 Å². The Bertz CT molecular complexity index is 987. The van der Waals surface area contributed by atoms with Gasteiger partial charge in [0.15, 0.2) is 11.5 Å². The van der Waals surface area contributed by atoms with Crippen LogP contribution in [0.25, 0.3) is 0 Å². The fourth-order valence-electron chi connectivity index (χ4n) is 2.96. The van der Waals surface area contributed by atoms with Crippen LogP contribution >= 0.6 is 0 Å². The summed E-state index contributed by atoms with van der Waals surface area (Å²) >= 11 is 0. The molecule has 0 unspecified atom stereocenters. The topological polar surface area (TPSA) is 72.5 Å². The van der Waals surface area contributed by atoms with Crippen molar-refractivity contribution < 1.29 is 14.3 Å². The van der Waals surface area contributed by atoms with E-state index in [1.807, 2.05) is 36.4 Å². The predicted octanol–water partition coefficient (Wildman–Crippen LogP) is 3.66. The first-order valence-corrected chi connectivity index (χ1v) is 9.10. The van der Waals surface area contributed by atoms with Gasteiger partial charge in [0.2, 0.25) is 6.79 Å². The smallest absolute Gasteiger partial charge is 0.253 e. The quantitative estimate of drug-likeness (QED) is 0.688. The molecule has 0 saturated heterocycles. The minimum Gasteiger partial charge on any atom is -0.454 e. The third-order valence-corrected chi connectivity index (χ3v) is 4.64. The molecular formula is C22H21N3O3. The molecular weight excluding hydrogens is 354 g/mol. The monoisotopic (exact) mass is 375 g/mol. The van der Waals surface area contributed by atoms with Gasteiger partial charge in [0.1, 0.15) is 5.82 Å². The normalized spacial score (nSPS) is 11.9. The highest BCUT2D eigenvalue weighted by atomic mass is 16.7. The molecule has 6 heteroatoms. The third-order valence-electron chi connectivity index (χ3n) is 4.64. The molecule has 0 fully saturated rings. The van der Waals surface area contributed by atoms with Crippen LogP contribution in [0.4, 0.5) is 5.82 Å². The molecule has 0 spiro atoms. The number of pyridine rings is 1. The molecule has 0 bridgehead atoms. The molecule has 2 heterocycles. The van der Waals surface area contributed by atoms with Crippen LogP contribution in [0.5, 0.6) is 11.5 Å². The Kier molecular flexibility index (Phi) is 5.10. The van der Waals surface area contributed by atoms with Gasteiger partial charge in [0, 0.05) is 19.3 Å². The van der Waals surface area contributed by atoms with Gasteiger partial charge >= 0.3 is 0 Å². The van der Waals surface area contributed by atoms with E-state index in [9.17, 15) is 4.79 Å². The summed E-state index contributed by atoms with van der Waals surface area (Å²) in [5, 5.41) is 6.18. The Balaban J connectivity index is 1.32. The minimum atomic E-state index is -0.171. The van der Waals surface area contributed by atoms with Gasteiger partial charge < -0.3 is 20.1 Å². The molecule has 1 aromatic heterocycles. The van der Waals surface area contributed by atoms with Gasteiger partial charge in [0.05, 0.1) is 5.56 Å². The van der Waals surface area contributed by atoms with Gasteiger partial charge in [-0.05, 0) is 47.9 Å². The number of benzene rings is 2. The van der Waals surface area contributed by atoms with Gasteiger partial charge in [-0.3, -0.25) is 4.79 Å². The number of ether oxygens (including phenoxy) is 2. The first kappa shape index (κ1) is 17.9. The number of amides is 1. The van der Waals surface area contributed by atoms with Crippen molar-refractivity contribution in [2.24, 2.45) is 0 Å². The van der Waals surface area contributed by atoms with Crippen molar-refractivity contribution in [3.05, 3.63) is 83.0 Å². The number of nitrogens with zero attached hydrogens (tertiary/aromatic N) is 1. The first-order chi connectivity index (χ1) is 13.7. The number of aromatic nitrogens is 1. The highest BCUT2D eigenvalue weighted by Crippen LogP contribution is 2.32. The van der Waals surface area contributed by atoms with Crippen LogP contribution in [-0.2, 0) is 13.1 Å². The van der Waals surface area contributed by atoms with E-state index in [0.717, 1.165) is 17.1 Å². The molecule has 6 nitrogen and oxygen atoms in total. The second-order valence-corrected chi connectivity index (χ2v) is 6.58. The Hall–Kier alpha value is -3.54. The minimum absolute atomic E-state index is 0.171. The number of aryl methyl sites for hydroxylation is 1. The van der Waals surface area contributed by atoms with Crippen molar-refractivity contribution in [2.45, 2.75) is 20.0 Å². The summed E-state index contributed by atoms with van der Waals surface area (Å²) in [6.07, 6.45) is 1.58. The molecule has 2 aromatic carbocycles. The molecule has 0 aliphatic carbocycles. The second-order valence-electron chi connectivity index (χ2n) is 6.58. The summed E-state index contributed by atoms with van der Waals surface area (Å²) in [6, 6.07) is 17.4. The Morgan fingerprint density at radius 3 is 2.71 bits per heavy atom. The molecule has 4 rings (SSSR count). The van der Waals surface area contributed by atoms with Crippen LogP contribution in [0, 0.1) is 6.92 Å². The molecule has 1 amide bonds. The lowest BCUT2D eigenvalue weighted by Crippen LogP contribution is -2.22. The highest BCUT2D eigenvalue weighted by Gasteiger charge is 2.13. The van der Waals surface area contributed by atoms with Crippen molar-refractivity contribution in [3.63, 3.8) is 0 Å². The lowest BCUT2D eigenvalue weighted by molar-refractivity contribution is 0.0950. The molecule has 0 saturated carbocycles. The lowest BCUT2D eigenvalue weighted by atomic mass is 10.1. The van der Waals surface area contributed by atoms with Gasteiger partial charge in [-0.2, -0.15) is 0 Å². The van der Waals surface area contributed by atoms with Gasteiger partial charge in [-0.15, -0.1) is 0 Å². The van der Waals surface area contributed by atoms with Crippen LogP contribution in [-0.4, -0.2) is 17.7 Å². The molecule has 142 valence electrons. The summed E-state index contributed by atoms with van der Waals surface area (Å²) in [7, 11) is 0. The van der Waals surface area contributed by atoms with Crippen LogP contribution in [0.2, 0.25) is 0 Å². The maximum Gasteiger partial charge on any atom is 0.253 e. The Morgan fingerprint density at radius 2 is 1.89 bits per heavy atom. The number of rotatable bonds is 6. The number of anilines is 1. The van der Waals surface area contributed by atoms with E-state index in [1.165, 1.54) is 11.1 Å². The zero-order chi connectivity index (χ0) is 19.3. The largest absolute Gasteiger partial charge is 0.454 e. The molecule has 0 radical (unpaired) electrons. The Labute approximate surface area is 163 Å².